The van der Waals surface area contributed by atoms with Crippen molar-refractivity contribution in [1.82, 2.24) is 0 Å². The molecule has 0 aliphatic heterocycles. The smallest absolute Gasteiger partial charge is 0.306 e. The first-order chi connectivity index (χ1) is 7.37. The molecule has 0 aliphatic rings. The lowest BCUT2D eigenvalue weighted by Gasteiger charge is -2.09. The van der Waals surface area contributed by atoms with E-state index in [0.29, 0.717) is 6.42 Å². The highest BCUT2D eigenvalue weighted by molar-refractivity contribution is 5.69. The normalized spacial score (nSPS) is 17.2. The second kappa shape index (κ2) is 8.09. The molecule has 0 fully saturated rings. The third-order valence-electron chi connectivity index (χ3n) is 2.25. The summed E-state index contributed by atoms with van der Waals surface area (Å²) in [4.78, 5) is 10.9. The van der Waals surface area contributed by atoms with Crippen molar-refractivity contribution in [1.29, 1.82) is 0 Å². The summed E-state index contributed by atoms with van der Waals surface area (Å²) in [6.45, 7) is 0.0976. The standard InChI is InChI=1S/C11H22O2/c1-3-5-6-7-9-10(8-4-2)11(12)13/h10H,3-9H2,1-2H3,(H,12,13)/t10-/m1/s1/i2D3. The molecule has 78 valence electrons. The van der Waals surface area contributed by atoms with Crippen LogP contribution in [-0.2, 0) is 4.79 Å². The molecular weight excluding hydrogens is 164 g/mol. The first-order valence-corrected chi connectivity index (χ1v) is 5.09. The third-order valence-corrected chi connectivity index (χ3v) is 2.25. The Morgan fingerprint density at radius 2 is 2.08 bits per heavy atom. The fourth-order valence-electron chi connectivity index (χ4n) is 1.38. The highest BCUT2D eigenvalue weighted by Crippen LogP contribution is 2.16. The predicted molar refractivity (Wildman–Crippen MR) is 54.8 cm³/mol. The molecule has 1 N–H and O–H groups in total. The minimum Gasteiger partial charge on any atom is -0.481 e. The lowest BCUT2D eigenvalue weighted by molar-refractivity contribution is -0.142. The van der Waals surface area contributed by atoms with E-state index < -0.39 is 18.7 Å². The van der Waals surface area contributed by atoms with Gasteiger partial charge in [-0.25, -0.2) is 0 Å². The zero-order valence-corrected chi connectivity index (χ0v) is 8.38. The molecule has 13 heavy (non-hydrogen) atoms. The van der Waals surface area contributed by atoms with Crippen LogP contribution in [0.5, 0.6) is 0 Å². The van der Waals surface area contributed by atoms with Gasteiger partial charge in [0.1, 0.15) is 0 Å². The third kappa shape index (κ3) is 6.62. The monoisotopic (exact) mass is 189 g/mol. The van der Waals surface area contributed by atoms with Gasteiger partial charge in [-0.05, 0) is 12.8 Å². The number of aliphatic carboxylic acids is 1. The van der Waals surface area contributed by atoms with Gasteiger partial charge in [-0.15, -0.1) is 0 Å². The average molecular weight is 189 g/mol. The van der Waals surface area contributed by atoms with Crippen LogP contribution in [0.25, 0.3) is 0 Å². The minimum absolute atomic E-state index is 0.00224. The Balaban J connectivity index is 3.85. The van der Waals surface area contributed by atoms with Crippen LogP contribution >= 0.6 is 0 Å². The SMILES string of the molecule is [2H]C([2H])([2H])CC[C@H](CCCCCC)C(=O)O. The molecule has 0 aliphatic carbocycles. The van der Waals surface area contributed by atoms with E-state index in [9.17, 15) is 4.79 Å². The Morgan fingerprint density at radius 1 is 1.31 bits per heavy atom. The Hall–Kier alpha value is -0.530. The van der Waals surface area contributed by atoms with Crippen molar-refractivity contribution in [3.63, 3.8) is 0 Å². The number of carboxylic acids is 1. The molecule has 0 saturated carbocycles. The van der Waals surface area contributed by atoms with Gasteiger partial charge in [0.15, 0.2) is 0 Å². The number of hydrogen-bond acceptors (Lipinski definition) is 1. The molecule has 0 aromatic heterocycles. The molecule has 0 saturated heterocycles. The Bertz CT molecular complexity index is 202. The molecule has 0 radical (unpaired) electrons. The second-order valence-corrected chi connectivity index (χ2v) is 3.42. The van der Waals surface area contributed by atoms with Crippen molar-refractivity contribution in [3.05, 3.63) is 0 Å². The first-order valence-electron chi connectivity index (χ1n) is 6.59. The quantitative estimate of drug-likeness (QED) is 0.594. The van der Waals surface area contributed by atoms with Gasteiger partial charge < -0.3 is 5.11 Å². The lowest BCUT2D eigenvalue weighted by Crippen LogP contribution is -2.13. The molecular formula is C11H22O2. The van der Waals surface area contributed by atoms with Gasteiger partial charge in [-0.1, -0.05) is 45.9 Å². The number of hydrogen-bond donors (Lipinski definition) is 1. The van der Waals surface area contributed by atoms with Crippen LogP contribution in [-0.4, -0.2) is 11.1 Å². The van der Waals surface area contributed by atoms with Gasteiger partial charge in [0.2, 0.25) is 0 Å². The lowest BCUT2D eigenvalue weighted by atomic mass is 9.96. The van der Waals surface area contributed by atoms with Gasteiger partial charge >= 0.3 is 5.97 Å². The van der Waals surface area contributed by atoms with Crippen LogP contribution in [0.2, 0.25) is 0 Å². The summed E-state index contributed by atoms with van der Waals surface area (Å²) in [5.74, 6) is -1.35. The molecule has 0 aromatic carbocycles. The molecule has 0 unspecified atom stereocenters. The Morgan fingerprint density at radius 3 is 2.62 bits per heavy atom. The minimum atomic E-state index is -2.00. The zero-order valence-electron chi connectivity index (χ0n) is 11.4. The van der Waals surface area contributed by atoms with Crippen LogP contribution in [0.15, 0.2) is 0 Å². The first kappa shape index (κ1) is 7.84. The molecule has 2 nitrogen and oxygen atoms in total. The summed E-state index contributed by atoms with van der Waals surface area (Å²) >= 11 is 0. The van der Waals surface area contributed by atoms with E-state index in [-0.39, 0.29) is 12.8 Å². The highest BCUT2D eigenvalue weighted by atomic mass is 16.4. The van der Waals surface area contributed by atoms with Gasteiger partial charge in [0.25, 0.3) is 0 Å². The molecule has 0 spiro atoms. The van der Waals surface area contributed by atoms with Crippen molar-refractivity contribution in [3.8, 4) is 0 Å². The molecule has 2 heteroatoms. The van der Waals surface area contributed by atoms with Crippen LogP contribution in [0.4, 0.5) is 0 Å². The van der Waals surface area contributed by atoms with Gasteiger partial charge in [-0.2, -0.15) is 0 Å². The van der Waals surface area contributed by atoms with Crippen LogP contribution in [0.1, 0.15) is 62.8 Å². The van der Waals surface area contributed by atoms with E-state index in [1.165, 1.54) is 0 Å². The van der Waals surface area contributed by atoms with Crippen LogP contribution < -0.4 is 0 Å². The maximum Gasteiger partial charge on any atom is 0.306 e. The van der Waals surface area contributed by atoms with E-state index in [4.69, 9.17) is 9.22 Å². The van der Waals surface area contributed by atoms with Crippen molar-refractivity contribution in [2.75, 3.05) is 0 Å². The fraction of sp³-hybridized carbons (Fsp3) is 0.909. The number of carboxylic acid groups (broad SMARTS) is 1. The maximum absolute atomic E-state index is 10.9. The summed E-state index contributed by atoms with van der Waals surface area (Å²) in [7, 11) is 0. The van der Waals surface area contributed by atoms with Crippen molar-refractivity contribution in [2.24, 2.45) is 5.92 Å². The van der Waals surface area contributed by atoms with E-state index >= 15 is 0 Å². The largest absolute Gasteiger partial charge is 0.481 e. The van der Waals surface area contributed by atoms with Crippen molar-refractivity contribution < 1.29 is 14.0 Å². The topological polar surface area (TPSA) is 37.3 Å². The molecule has 1 atom stereocenters. The van der Waals surface area contributed by atoms with Crippen LogP contribution in [0, 0.1) is 5.92 Å². The van der Waals surface area contributed by atoms with Crippen molar-refractivity contribution >= 4 is 5.97 Å². The molecule has 0 aromatic rings. The van der Waals surface area contributed by atoms with Gasteiger partial charge in [0, 0.05) is 4.11 Å². The fourth-order valence-corrected chi connectivity index (χ4v) is 1.38. The van der Waals surface area contributed by atoms with Gasteiger partial charge in [0.05, 0.1) is 5.92 Å². The zero-order chi connectivity index (χ0) is 12.6. The Kier molecular flexibility index (Phi) is 4.87. The van der Waals surface area contributed by atoms with E-state index in [1.807, 2.05) is 0 Å². The highest BCUT2D eigenvalue weighted by Gasteiger charge is 2.14. The summed E-state index contributed by atoms with van der Waals surface area (Å²) < 4.78 is 21.1. The number of carbonyl (C=O) groups is 1. The number of rotatable bonds is 8. The molecule has 0 rings (SSSR count). The summed E-state index contributed by atoms with van der Waals surface area (Å²) in [5, 5.41) is 8.94. The summed E-state index contributed by atoms with van der Waals surface area (Å²) in [5.41, 5.74) is 0. The van der Waals surface area contributed by atoms with Crippen LogP contribution in [0.3, 0.4) is 0 Å². The average Bonchev–Trinajstić information content (AvgIpc) is 2.14. The molecule has 0 heterocycles. The van der Waals surface area contributed by atoms with E-state index in [1.54, 1.807) is 0 Å². The number of unbranched alkanes of at least 4 members (excludes halogenated alkanes) is 3. The predicted octanol–water partition coefficient (Wildman–Crippen LogP) is 3.46. The van der Waals surface area contributed by atoms with E-state index in [2.05, 4.69) is 6.92 Å². The second-order valence-electron chi connectivity index (χ2n) is 3.42. The molecule has 0 amide bonds. The van der Waals surface area contributed by atoms with E-state index in [0.717, 1.165) is 25.7 Å². The Labute approximate surface area is 85.6 Å². The maximum atomic E-state index is 10.9. The molecule has 0 bridgehead atoms. The van der Waals surface area contributed by atoms with Gasteiger partial charge in [-0.3, -0.25) is 4.79 Å². The summed E-state index contributed by atoms with van der Waals surface area (Å²) in [6, 6.07) is 0. The summed E-state index contributed by atoms with van der Waals surface area (Å²) in [6.07, 6.45) is 5.01. The van der Waals surface area contributed by atoms with Crippen molar-refractivity contribution in [2.45, 2.75) is 58.7 Å².